The Morgan fingerprint density at radius 3 is 2.77 bits per heavy atom. The summed E-state index contributed by atoms with van der Waals surface area (Å²) in [5, 5.41) is 11.1. The van der Waals surface area contributed by atoms with E-state index in [2.05, 4.69) is 15.3 Å². The largest absolute Gasteiger partial charge is 0.395 e. The number of aromatic amines is 1. The number of nitrogens with one attached hydrogen (secondary N) is 2. The summed E-state index contributed by atoms with van der Waals surface area (Å²) in [6.45, 7) is 0.223. The Labute approximate surface area is 73.8 Å². The number of hydrogen-bond acceptors (Lipinski definition) is 6. The van der Waals surface area contributed by atoms with Gasteiger partial charge in [0.1, 0.15) is 5.69 Å². The Morgan fingerprint density at radius 2 is 2.23 bits per heavy atom. The monoisotopic (exact) mass is 185 g/mol. The lowest BCUT2D eigenvalue weighted by atomic mass is 10.5. The van der Waals surface area contributed by atoms with Crippen LogP contribution in [0, 0.1) is 0 Å². The standard InChI is InChI=1S/C6H11N5O2/c7-3-4(8)10-6(9-1-2-12)11-5(3)13/h12H,1-2,7H2,(H4,8,9,10,11,13). The lowest BCUT2D eigenvalue weighted by molar-refractivity contribution is 0.311. The van der Waals surface area contributed by atoms with E-state index >= 15 is 0 Å². The minimum atomic E-state index is -0.493. The second kappa shape index (κ2) is 3.76. The molecule has 1 aromatic heterocycles. The van der Waals surface area contributed by atoms with Crippen molar-refractivity contribution in [2.24, 2.45) is 0 Å². The van der Waals surface area contributed by atoms with E-state index in [0.29, 0.717) is 0 Å². The molecule has 0 saturated carbocycles. The minimum Gasteiger partial charge on any atom is -0.395 e. The summed E-state index contributed by atoms with van der Waals surface area (Å²) in [6.07, 6.45) is 0. The van der Waals surface area contributed by atoms with Gasteiger partial charge in [-0.25, -0.2) is 0 Å². The molecule has 0 bridgehead atoms. The van der Waals surface area contributed by atoms with Gasteiger partial charge in [0, 0.05) is 6.54 Å². The third kappa shape index (κ3) is 2.09. The van der Waals surface area contributed by atoms with Gasteiger partial charge in [0.2, 0.25) is 5.95 Å². The Hall–Kier alpha value is -1.76. The highest BCUT2D eigenvalue weighted by molar-refractivity contribution is 5.58. The van der Waals surface area contributed by atoms with Gasteiger partial charge in [-0.3, -0.25) is 9.78 Å². The second-order valence-electron chi connectivity index (χ2n) is 2.36. The molecule has 1 rings (SSSR count). The van der Waals surface area contributed by atoms with Gasteiger partial charge in [-0.05, 0) is 0 Å². The first-order valence-electron chi connectivity index (χ1n) is 3.65. The fourth-order valence-electron chi connectivity index (χ4n) is 0.758. The van der Waals surface area contributed by atoms with Crippen molar-refractivity contribution in [1.82, 2.24) is 9.97 Å². The van der Waals surface area contributed by atoms with Crippen LogP contribution in [0.5, 0.6) is 0 Å². The Balaban J connectivity index is 2.93. The van der Waals surface area contributed by atoms with Crippen LogP contribution in [-0.2, 0) is 0 Å². The molecular formula is C6H11N5O2. The first-order chi connectivity index (χ1) is 6.15. The molecule has 72 valence electrons. The van der Waals surface area contributed by atoms with Crippen LogP contribution in [0.25, 0.3) is 0 Å². The number of aromatic nitrogens is 2. The summed E-state index contributed by atoms with van der Waals surface area (Å²) in [6, 6.07) is 0. The summed E-state index contributed by atoms with van der Waals surface area (Å²) in [5.41, 5.74) is 10.0. The van der Waals surface area contributed by atoms with E-state index in [-0.39, 0.29) is 30.6 Å². The first-order valence-corrected chi connectivity index (χ1v) is 3.65. The minimum absolute atomic E-state index is 0.0239. The van der Waals surface area contributed by atoms with Crippen LogP contribution in [-0.4, -0.2) is 28.2 Å². The number of nitrogens with zero attached hydrogens (tertiary/aromatic N) is 1. The Bertz CT molecular complexity index is 347. The molecule has 0 saturated heterocycles. The average Bonchev–Trinajstić information content (AvgIpc) is 2.10. The molecular weight excluding hydrogens is 174 g/mol. The normalized spacial score (nSPS) is 9.92. The summed E-state index contributed by atoms with van der Waals surface area (Å²) in [4.78, 5) is 17.1. The third-order valence-electron chi connectivity index (χ3n) is 1.39. The molecule has 0 fully saturated rings. The second-order valence-corrected chi connectivity index (χ2v) is 2.36. The van der Waals surface area contributed by atoms with Gasteiger partial charge in [0.15, 0.2) is 5.82 Å². The fourth-order valence-corrected chi connectivity index (χ4v) is 0.758. The third-order valence-corrected chi connectivity index (χ3v) is 1.39. The van der Waals surface area contributed by atoms with E-state index in [0.717, 1.165) is 0 Å². The van der Waals surface area contributed by atoms with Crippen LogP contribution >= 0.6 is 0 Å². The van der Waals surface area contributed by atoms with Crippen molar-refractivity contribution in [3.8, 4) is 0 Å². The van der Waals surface area contributed by atoms with E-state index in [1.54, 1.807) is 0 Å². The molecule has 1 aromatic rings. The van der Waals surface area contributed by atoms with Gasteiger partial charge >= 0.3 is 0 Å². The van der Waals surface area contributed by atoms with Crippen molar-refractivity contribution in [1.29, 1.82) is 0 Å². The molecule has 0 aromatic carbocycles. The van der Waals surface area contributed by atoms with Gasteiger partial charge in [-0.2, -0.15) is 4.98 Å². The summed E-state index contributed by atoms with van der Waals surface area (Å²) in [5.74, 6) is 0.176. The lowest BCUT2D eigenvalue weighted by Crippen LogP contribution is -2.19. The van der Waals surface area contributed by atoms with E-state index < -0.39 is 5.56 Å². The van der Waals surface area contributed by atoms with Crippen molar-refractivity contribution in [3.05, 3.63) is 10.4 Å². The summed E-state index contributed by atoms with van der Waals surface area (Å²) in [7, 11) is 0. The van der Waals surface area contributed by atoms with Gasteiger partial charge in [0.25, 0.3) is 5.56 Å². The van der Waals surface area contributed by atoms with Crippen LogP contribution < -0.4 is 22.3 Å². The number of rotatable bonds is 3. The molecule has 0 atom stereocenters. The average molecular weight is 185 g/mol. The van der Waals surface area contributed by atoms with Gasteiger partial charge < -0.3 is 21.9 Å². The smallest absolute Gasteiger partial charge is 0.277 e. The zero-order chi connectivity index (χ0) is 9.84. The zero-order valence-electron chi connectivity index (χ0n) is 6.87. The molecule has 13 heavy (non-hydrogen) atoms. The maximum atomic E-state index is 11.0. The molecule has 0 spiro atoms. The molecule has 0 aliphatic rings. The number of aliphatic hydroxyl groups excluding tert-OH is 1. The number of nitrogens with two attached hydrogens (primary N) is 2. The van der Waals surface area contributed by atoms with Crippen LogP contribution in [0.4, 0.5) is 17.5 Å². The van der Waals surface area contributed by atoms with Crippen molar-refractivity contribution < 1.29 is 5.11 Å². The van der Waals surface area contributed by atoms with Gasteiger partial charge in [-0.1, -0.05) is 0 Å². The maximum Gasteiger partial charge on any atom is 0.277 e. The maximum absolute atomic E-state index is 11.0. The van der Waals surface area contributed by atoms with Crippen LogP contribution in [0.15, 0.2) is 4.79 Å². The Kier molecular flexibility index (Phi) is 2.70. The number of hydrogen-bond donors (Lipinski definition) is 5. The van der Waals surface area contributed by atoms with Gasteiger partial charge in [0.05, 0.1) is 6.61 Å². The van der Waals surface area contributed by atoms with Crippen molar-refractivity contribution in [3.63, 3.8) is 0 Å². The highest BCUT2D eigenvalue weighted by Crippen LogP contribution is 2.05. The SMILES string of the molecule is Nc1nc(NCCO)[nH]c(=O)c1N. The van der Waals surface area contributed by atoms with Crippen LogP contribution in [0.3, 0.4) is 0 Å². The molecule has 0 aliphatic heterocycles. The Morgan fingerprint density at radius 1 is 1.54 bits per heavy atom. The number of H-pyrrole nitrogens is 1. The molecule has 0 radical (unpaired) electrons. The van der Waals surface area contributed by atoms with Gasteiger partial charge in [-0.15, -0.1) is 0 Å². The summed E-state index contributed by atoms with van der Waals surface area (Å²) < 4.78 is 0. The summed E-state index contributed by atoms with van der Waals surface area (Å²) >= 11 is 0. The molecule has 0 unspecified atom stereocenters. The zero-order valence-corrected chi connectivity index (χ0v) is 6.87. The predicted octanol–water partition coefficient (Wildman–Crippen LogP) is -1.66. The highest BCUT2D eigenvalue weighted by Gasteiger charge is 2.03. The fraction of sp³-hybridized carbons (Fsp3) is 0.333. The van der Waals surface area contributed by atoms with Crippen molar-refractivity contribution in [2.75, 3.05) is 29.9 Å². The molecule has 0 aliphatic carbocycles. The number of aliphatic hydroxyl groups is 1. The van der Waals surface area contributed by atoms with Crippen LogP contribution in [0.2, 0.25) is 0 Å². The molecule has 0 amide bonds. The first kappa shape index (κ1) is 9.33. The van der Waals surface area contributed by atoms with E-state index in [9.17, 15) is 4.79 Å². The lowest BCUT2D eigenvalue weighted by Gasteiger charge is -2.04. The predicted molar refractivity (Wildman–Crippen MR) is 49.3 cm³/mol. The molecule has 7 heteroatoms. The molecule has 1 heterocycles. The topological polar surface area (TPSA) is 130 Å². The highest BCUT2D eigenvalue weighted by atomic mass is 16.3. The van der Waals surface area contributed by atoms with E-state index in [1.165, 1.54) is 0 Å². The van der Waals surface area contributed by atoms with Crippen molar-refractivity contribution in [2.45, 2.75) is 0 Å². The number of nitrogen functional groups attached to an aromatic ring is 2. The van der Waals surface area contributed by atoms with E-state index in [1.807, 2.05) is 0 Å². The number of anilines is 3. The molecule has 7 N–H and O–H groups in total. The van der Waals surface area contributed by atoms with Crippen molar-refractivity contribution >= 4 is 17.5 Å². The van der Waals surface area contributed by atoms with E-state index in [4.69, 9.17) is 16.6 Å². The molecule has 7 nitrogen and oxygen atoms in total. The quantitative estimate of drug-likeness (QED) is 0.383. The van der Waals surface area contributed by atoms with Crippen LogP contribution in [0.1, 0.15) is 0 Å².